The fourth-order valence-corrected chi connectivity index (χ4v) is 3.17. The van der Waals surface area contributed by atoms with E-state index in [0.717, 1.165) is 9.13 Å². The molecule has 1 aromatic carbocycles. The molecule has 0 unspecified atom stereocenters. The Kier molecular flexibility index (Phi) is 4.33. The van der Waals surface area contributed by atoms with Gasteiger partial charge in [-0.2, -0.15) is 0 Å². The van der Waals surface area contributed by atoms with Crippen molar-refractivity contribution in [1.29, 1.82) is 0 Å². The van der Waals surface area contributed by atoms with Gasteiger partial charge in [-0.15, -0.1) is 0 Å². The topological polar surface area (TPSA) is 20.2 Å². The van der Waals surface area contributed by atoms with Crippen molar-refractivity contribution in [3.05, 3.63) is 28.4 Å². The van der Waals surface area contributed by atoms with E-state index in [2.05, 4.69) is 73.8 Å². The maximum atomic E-state index is 8.96. The van der Waals surface area contributed by atoms with Gasteiger partial charge in [0.2, 0.25) is 0 Å². The molecule has 1 N–H and O–H groups in total. The highest BCUT2D eigenvalue weighted by Gasteiger charge is 2.03. The Morgan fingerprint density at radius 3 is 2.36 bits per heavy atom. The minimum absolute atomic E-state index is 0.130. The van der Waals surface area contributed by atoms with Crippen LogP contribution in [0.3, 0.4) is 0 Å². The lowest BCUT2D eigenvalue weighted by Gasteiger charge is -2.03. The molecule has 4 heteroatoms. The summed E-state index contributed by atoms with van der Waals surface area (Å²) in [5, 5.41) is 8.96. The highest BCUT2D eigenvalue weighted by molar-refractivity contribution is 14.1. The van der Waals surface area contributed by atoms with E-state index in [1.165, 1.54) is 7.14 Å². The van der Waals surface area contributed by atoms with Crippen LogP contribution in [0.2, 0.25) is 0 Å². The maximum absolute atomic E-state index is 8.96. The van der Waals surface area contributed by atoms with Crippen LogP contribution in [-0.2, 0) is 6.61 Å². The van der Waals surface area contributed by atoms with Gasteiger partial charge < -0.3 is 5.11 Å². The Labute approximate surface area is 106 Å². The second-order valence-electron chi connectivity index (χ2n) is 2.02. The quantitative estimate of drug-likeness (QED) is 0.479. The summed E-state index contributed by atoms with van der Waals surface area (Å²) in [4.78, 5) is 0. The number of rotatable bonds is 1. The monoisotopic (exact) mass is 486 g/mol. The third kappa shape index (κ3) is 2.66. The summed E-state index contributed by atoms with van der Waals surface area (Å²) in [5.41, 5.74) is 1.02. The van der Waals surface area contributed by atoms with E-state index in [1.807, 2.05) is 6.07 Å². The van der Waals surface area contributed by atoms with Crippen LogP contribution in [-0.4, -0.2) is 5.11 Å². The molecule has 0 aromatic heterocycles. The summed E-state index contributed by atoms with van der Waals surface area (Å²) in [6.07, 6.45) is 0. The first-order chi connectivity index (χ1) is 5.15. The molecule has 0 saturated heterocycles. The molecule has 0 fully saturated rings. The van der Waals surface area contributed by atoms with Crippen molar-refractivity contribution in [3.8, 4) is 0 Å². The summed E-state index contributed by atoms with van der Waals surface area (Å²) in [6.45, 7) is 0.130. The third-order valence-electron chi connectivity index (χ3n) is 1.24. The smallest absolute Gasteiger partial charge is 0.0692 e. The lowest BCUT2D eigenvalue weighted by Crippen LogP contribution is -1.92. The fourth-order valence-electron chi connectivity index (χ4n) is 0.724. The lowest BCUT2D eigenvalue weighted by molar-refractivity contribution is 0.281. The van der Waals surface area contributed by atoms with Gasteiger partial charge in [-0.25, -0.2) is 0 Å². The van der Waals surface area contributed by atoms with E-state index >= 15 is 0 Å². The summed E-state index contributed by atoms with van der Waals surface area (Å²) in [5.74, 6) is 0. The zero-order chi connectivity index (χ0) is 8.43. The number of hydrogen-bond donors (Lipinski definition) is 1. The Bertz CT molecular complexity index is 273. The minimum atomic E-state index is 0.130. The molecule has 0 atom stereocenters. The zero-order valence-corrected chi connectivity index (χ0v) is 11.9. The zero-order valence-electron chi connectivity index (χ0n) is 5.44. The molecular formula is C7H5I3O. The van der Waals surface area contributed by atoms with Crippen molar-refractivity contribution in [1.82, 2.24) is 0 Å². The number of benzene rings is 1. The van der Waals surface area contributed by atoms with Gasteiger partial charge in [-0.1, -0.05) is 0 Å². The Balaban J connectivity index is 3.24. The Morgan fingerprint density at radius 1 is 1.18 bits per heavy atom. The highest BCUT2D eigenvalue weighted by Crippen LogP contribution is 2.22. The van der Waals surface area contributed by atoms with E-state index in [0.29, 0.717) is 0 Å². The molecule has 0 spiro atoms. The number of aliphatic hydroxyl groups is 1. The largest absolute Gasteiger partial charge is 0.392 e. The van der Waals surface area contributed by atoms with Gasteiger partial charge in [0.15, 0.2) is 0 Å². The summed E-state index contributed by atoms with van der Waals surface area (Å²) >= 11 is 6.78. The average molecular weight is 486 g/mol. The van der Waals surface area contributed by atoms with Crippen molar-refractivity contribution >= 4 is 67.8 Å². The van der Waals surface area contributed by atoms with Crippen LogP contribution in [0.4, 0.5) is 0 Å². The van der Waals surface area contributed by atoms with E-state index in [4.69, 9.17) is 5.11 Å². The van der Waals surface area contributed by atoms with Crippen LogP contribution < -0.4 is 0 Å². The van der Waals surface area contributed by atoms with E-state index in [1.54, 1.807) is 0 Å². The first kappa shape index (κ1) is 10.5. The van der Waals surface area contributed by atoms with Gasteiger partial charge in [0.1, 0.15) is 0 Å². The number of aliphatic hydroxyl groups excluding tert-OH is 1. The lowest BCUT2D eigenvalue weighted by atomic mass is 10.2. The highest BCUT2D eigenvalue weighted by atomic mass is 127. The van der Waals surface area contributed by atoms with Gasteiger partial charge in [0.05, 0.1) is 6.61 Å². The molecule has 0 radical (unpaired) electrons. The molecule has 0 aliphatic carbocycles. The summed E-state index contributed by atoms with van der Waals surface area (Å²) < 4.78 is 3.54. The second kappa shape index (κ2) is 4.56. The number of halogens is 3. The van der Waals surface area contributed by atoms with E-state index in [9.17, 15) is 0 Å². The van der Waals surface area contributed by atoms with Crippen molar-refractivity contribution in [2.75, 3.05) is 0 Å². The molecule has 1 rings (SSSR count). The molecule has 0 bridgehead atoms. The van der Waals surface area contributed by atoms with Crippen molar-refractivity contribution in [3.63, 3.8) is 0 Å². The molecule has 0 aliphatic heterocycles. The van der Waals surface area contributed by atoms with Crippen LogP contribution in [0.5, 0.6) is 0 Å². The van der Waals surface area contributed by atoms with E-state index in [-0.39, 0.29) is 6.61 Å². The summed E-state index contributed by atoms with van der Waals surface area (Å²) in [7, 11) is 0. The Hall–Kier alpha value is 1.37. The number of hydrogen-bond acceptors (Lipinski definition) is 1. The van der Waals surface area contributed by atoms with Crippen LogP contribution in [0, 0.1) is 10.7 Å². The van der Waals surface area contributed by atoms with Gasteiger partial charge in [-0.3, -0.25) is 0 Å². The predicted octanol–water partition coefficient (Wildman–Crippen LogP) is 2.99. The van der Waals surface area contributed by atoms with E-state index < -0.39 is 0 Å². The molecule has 11 heavy (non-hydrogen) atoms. The average Bonchev–Trinajstić information content (AvgIpc) is 1.96. The first-order valence-electron chi connectivity index (χ1n) is 2.89. The normalized spacial score (nSPS) is 10.2. The van der Waals surface area contributed by atoms with Crippen LogP contribution in [0.1, 0.15) is 5.56 Å². The van der Waals surface area contributed by atoms with Crippen molar-refractivity contribution < 1.29 is 5.11 Å². The van der Waals surface area contributed by atoms with Gasteiger partial charge >= 0.3 is 0 Å². The molecule has 1 nitrogen and oxygen atoms in total. The van der Waals surface area contributed by atoms with Gasteiger partial charge in [0.25, 0.3) is 0 Å². The molecule has 0 saturated carbocycles. The van der Waals surface area contributed by atoms with Crippen molar-refractivity contribution in [2.45, 2.75) is 6.61 Å². The molecule has 1 aromatic rings. The second-order valence-corrected chi connectivity index (χ2v) is 5.51. The fraction of sp³-hybridized carbons (Fsp3) is 0.143. The maximum Gasteiger partial charge on any atom is 0.0692 e. The van der Waals surface area contributed by atoms with Crippen LogP contribution >= 0.6 is 67.8 Å². The van der Waals surface area contributed by atoms with Gasteiger partial charge in [-0.05, 0) is 85.5 Å². The van der Waals surface area contributed by atoms with Crippen LogP contribution in [0.25, 0.3) is 0 Å². The summed E-state index contributed by atoms with van der Waals surface area (Å²) in [6, 6.07) is 4.10. The van der Waals surface area contributed by atoms with Crippen LogP contribution in [0.15, 0.2) is 12.1 Å². The molecular weight excluding hydrogens is 481 g/mol. The minimum Gasteiger partial charge on any atom is -0.392 e. The standard InChI is InChI=1S/C7H5I3O/c8-5-1-4(3-11)7(10)6(9)2-5/h1-2,11H,3H2. The molecule has 0 aliphatic rings. The Morgan fingerprint density at radius 2 is 1.82 bits per heavy atom. The molecule has 0 amide bonds. The molecule has 0 heterocycles. The predicted molar refractivity (Wildman–Crippen MR) is 70.5 cm³/mol. The first-order valence-corrected chi connectivity index (χ1v) is 6.13. The SMILES string of the molecule is OCc1cc(I)cc(I)c1I. The van der Waals surface area contributed by atoms with Gasteiger partial charge in [0, 0.05) is 10.7 Å². The third-order valence-corrected chi connectivity index (χ3v) is 5.02. The molecule has 60 valence electrons. The van der Waals surface area contributed by atoms with Crippen molar-refractivity contribution in [2.24, 2.45) is 0 Å².